The number of esters is 1. The molecule has 0 aliphatic carbocycles. The predicted octanol–water partition coefficient (Wildman–Crippen LogP) is 4.83. The minimum absolute atomic E-state index is 0.0452. The van der Waals surface area contributed by atoms with E-state index >= 15 is 0 Å². The van der Waals surface area contributed by atoms with Crippen LogP contribution in [0, 0.1) is 0 Å². The number of ether oxygens (including phenoxy) is 2. The molecule has 0 unspecified atom stereocenters. The van der Waals surface area contributed by atoms with Crippen molar-refractivity contribution in [2.24, 2.45) is 0 Å². The molecule has 0 spiro atoms. The van der Waals surface area contributed by atoms with E-state index in [9.17, 15) is 9.59 Å². The minimum atomic E-state index is -0.404. The van der Waals surface area contributed by atoms with E-state index in [0.717, 1.165) is 32.8 Å². The molecule has 0 saturated carbocycles. The van der Waals surface area contributed by atoms with Crippen LogP contribution in [0.5, 0.6) is 5.75 Å². The van der Waals surface area contributed by atoms with Gasteiger partial charge in [0, 0.05) is 17.1 Å². The molecule has 4 aromatic rings. The summed E-state index contributed by atoms with van der Waals surface area (Å²) in [5.74, 6) is 0.671. The molecule has 2 aromatic carbocycles. The molecular formula is C27H27N5O4S2. The molecule has 9 nitrogen and oxygen atoms in total. The number of nitrogens with one attached hydrogen (secondary N) is 1. The van der Waals surface area contributed by atoms with Crippen LogP contribution in [0.4, 0.5) is 17.3 Å². The Bertz CT molecular complexity index is 1520. The number of rotatable bonds is 8. The molecule has 196 valence electrons. The predicted molar refractivity (Wildman–Crippen MR) is 150 cm³/mol. The van der Waals surface area contributed by atoms with E-state index in [1.165, 1.54) is 30.2 Å². The molecular weight excluding hydrogens is 522 g/mol. The van der Waals surface area contributed by atoms with Crippen LogP contribution in [0.15, 0.2) is 57.8 Å². The number of carbonyl (C=O) groups is 2. The Morgan fingerprint density at radius 3 is 2.74 bits per heavy atom. The summed E-state index contributed by atoms with van der Waals surface area (Å²) in [5, 5.41) is 5.99. The molecule has 0 saturated heterocycles. The third kappa shape index (κ3) is 5.17. The quantitative estimate of drug-likeness (QED) is 0.245. The minimum Gasteiger partial charge on any atom is -0.495 e. The van der Waals surface area contributed by atoms with Gasteiger partial charge in [0.25, 0.3) is 0 Å². The highest BCUT2D eigenvalue weighted by atomic mass is 32.2. The molecule has 5 rings (SSSR count). The zero-order valence-corrected chi connectivity index (χ0v) is 23.1. The van der Waals surface area contributed by atoms with E-state index in [0.29, 0.717) is 41.1 Å². The first-order valence-electron chi connectivity index (χ1n) is 11.9. The Hall–Kier alpha value is -3.67. The van der Waals surface area contributed by atoms with Crippen molar-refractivity contribution < 1.29 is 19.1 Å². The van der Waals surface area contributed by atoms with Gasteiger partial charge in [-0.05, 0) is 61.8 Å². The molecule has 1 amide bonds. The lowest BCUT2D eigenvalue weighted by atomic mass is 10.1. The number of methoxy groups -OCH3 is 2. The van der Waals surface area contributed by atoms with Gasteiger partial charge in [0.05, 0.1) is 42.2 Å². The van der Waals surface area contributed by atoms with Crippen LogP contribution in [0.25, 0.3) is 10.2 Å². The van der Waals surface area contributed by atoms with E-state index in [4.69, 9.17) is 19.4 Å². The zero-order valence-electron chi connectivity index (χ0n) is 21.5. The van der Waals surface area contributed by atoms with E-state index in [-0.39, 0.29) is 5.91 Å². The van der Waals surface area contributed by atoms with Crippen molar-refractivity contribution in [3.05, 3.63) is 59.0 Å². The summed E-state index contributed by atoms with van der Waals surface area (Å²) in [4.78, 5) is 39.1. The molecule has 0 atom stereocenters. The number of anilines is 3. The number of thiophene rings is 1. The van der Waals surface area contributed by atoms with Gasteiger partial charge in [-0.25, -0.2) is 14.8 Å². The summed E-state index contributed by atoms with van der Waals surface area (Å²) in [6, 6.07) is 13.1. The van der Waals surface area contributed by atoms with Crippen LogP contribution in [-0.4, -0.2) is 68.1 Å². The number of aromatic nitrogens is 2. The molecule has 0 radical (unpaired) electrons. The Labute approximate surface area is 228 Å². The van der Waals surface area contributed by atoms with Crippen LogP contribution >= 0.6 is 23.1 Å². The second kappa shape index (κ2) is 11.0. The summed E-state index contributed by atoms with van der Waals surface area (Å²) in [7, 11) is 6.75. The maximum absolute atomic E-state index is 12.8. The third-order valence-corrected chi connectivity index (χ3v) is 8.17. The monoisotopic (exact) mass is 549 g/mol. The third-order valence-electron chi connectivity index (χ3n) is 6.07. The van der Waals surface area contributed by atoms with Gasteiger partial charge < -0.3 is 24.6 Å². The van der Waals surface area contributed by atoms with Crippen LogP contribution in [0.1, 0.15) is 15.9 Å². The van der Waals surface area contributed by atoms with Crippen molar-refractivity contribution in [3.8, 4) is 5.75 Å². The van der Waals surface area contributed by atoms with Crippen LogP contribution in [0.3, 0.4) is 0 Å². The first-order chi connectivity index (χ1) is 18.4. The fraction of sp³-hybridized carbons (Fsp3) is 0.259. The fourth-order valence-electron chi connectivity index (χ4n) is 4.32. The van der Waals surface area contributed by atoms with Crippen molar-refractivity contribution in [2.75, 3.05) is 51.6 Å². The van der Waals surface area contributed by atoms with Crippen LogP contribution in [-0.2, 0) is 16.0 Å². The molecule has 3 heterocycles. The van der Waals surface area contributed by atoms with Crippen molar-refractivity contribution in [1.29, 1.82) is 0 Å². The standard InChI is InChI=1S/C27H27N5O4S2/c1-31(2)15-23(33)32-11-9-16-13-21(35-3)19(14-20(16)32)29-27-28-18-10-12-37-24(18)25(30-27)38-22-8-6-5-7-17(22)26(34)36-4/h5-8,10,12-14H,9,11,15H2,1-4H3,(H,28,29,30). The molecule has 0 bridgehead atoms. The fourth-order valence-corrected chi connectivity index (χ4v) is 6.25. The molecule has 1 aliphatic heterocycles. The van der Waals surface area contributed by atoms with E-state index < -0.39 is 5.97 Å². The van der Waals surface area contributed by atoms with Gasteiger partial charge >= 0.3 is 5.97 Å². The molecule has 38 heavy (non-hydrogen) atoms. The summed E-state index contributed by atoms with van der Waals surface area (Å²) in [5.41, 5.74) is 3.84. The highest BCUT2D eigenvalue weighted by Gasteiger charge is 2.27. The Morgan fingerprint density at radius 1 is 1.16 bits per heavy atom. The largest absolute Gasteiger partial charge is 0.495 e. The van der Waals surface area contributed by atoms with E-state index in [1.54, 1.807) is 19.2 Å². The van der Waals surface area contributed by atoms with Gasteiger partial charge in [-0.1, -0.05) is 23.9 Å². The number of carbonyl (C=O) groups excluding carboxylic acids is 2. The Morgan fingerprint density at radius 2 is 1.97 bits per heavy atom. The van der Waals surface area contributed by atoms with Crippen LogP contribution in [0.2, 0.25) is 0 Å². The Kier molecular flexibility index (Phi) is 7.50. The Balaban J connectivity index is 1.51. The first kappa shape index (κ1) is 26.0. The molecule has 1 N–H and O–H groups in total. The number of amides is 1. The van der Waals surface area contributed by atoms with E-state index in [2.05, 4.69) is 5.32 Å². The number of hydrogen-bond donors (Lipinski definition) is 1. The van der Waals surface area contributed by atoms with Crippen molar-refractivity contribution in [2.45, 2.75) is 16.3 Å². The van der Waals surface area contributed by atoms with Gasteiger partial charge in [0.15, 0.2) is 0 Å². The van der Waals surface area contributed by atoms with Gasteiger partial charge in [-0.2, -0.15) is 0 Å². The van der Waals surface area contributed by atoms with Crippen molar-refractivity contribution in [1.82, 2.24) is 14.9 Å². The van der Waals surface area contributed by atoms with Gasteiger partial charge in [0.2, 0.25) is 11.9 Å². The highest BCUT2D eigenvalue weighted by molar-refractivity contribution is 7.99. The molecule has 0 fully saturated rings. The number of benzene rings is 2. The van der Waals surface area contributed by atoms with E-state index in [1.807, 2.05) is 59.6 Å². The lowest BCUT2D eigenvalue weighted by Crippen LogP contribution is -2.36. The lowest BCUT2D eigenvalue weighted by molar-refractivity contribution is -0.119. The van der Waals surface area contributed by atoms with Gasteiger partial charge in [0.1, 0.15) is 10.8 Å². The highest BCUT2D eigenvalue weighted by Crippen LogP contribution is 2.40. The molecule has 11 heteroatoms. The lowest BCUT2D eigenvalue weighted by Gasteiger charge is -2.21. The van der Waals surface area contributed by atoms with Crippen LogP contribution < -0.4 is 15.0 Å². The summed E-state index contributed by atoms with van der Waals surface area (Å²) >= 11 is 2.92. The maximum atomic E-state index is 12.8. The average molecular weight is 550 g/mol. The summed E-state index contributed by atoms with van der Waals surface area (Å²) < 4.78 is 11.5. The average Bonchev–Trinajstić information content (AvgIpc) is 3.54. The van der Waals surface area contributed by atoms with Crippen molar-refractivity contribution >= 4 is 62.5 Å². The summed E-state index contributed by atoms with van der Waals surface area (Å²) in [6.45, 7) is 0.964. The van der Waals surface area contributed by atoms with Gasteiger partial charge in [-0.15, -0.1) is 11.3 Å². The maximum Gasteiger partial charge on any atom is 0.339 e. The first-order valence-corrected chi connectivity index (χ1v) is 13.6. The summed E-state index contributed by atoms with van der Waals surface area (Å²) in [6.07, 6.45) is 0.767. The van der Waals surface area contributed by atoms with Gasteiger partial charge in [-0.3, -0.25) is 4.79 Å². The number of fused-ring (bicyclic) bond motifs is 2. The molecule has 1 aliphatic rings. The molecule has 2 aromatic heterocycles. The van der Waals surface area contributed by atoms with Crippen molar-refractivity contribution in [3.63, 3.8) is 0 Å². The zero-order chi connectivity index (χ0) is 26.8. The topological polar surface area (TPSA) is 96.9 Å². The second-order valence-electron chi connectivity index (χ2n) is 8.92. The number of likely N-dealkylation sites (N-methyl/N-ethyl adjacent to an activating group) is 1. The normalized spacial score (nSPS) is 12.6. The smallest absolute Gasteiger partial charge is 0.339 e. The number of hydrogen-bond acceptors (Lipinski definition) is 10. The second-order valence-corrected chi connectivity index (χ2v) is 10.9. The number of nitrogens with zero attached hydrogens (tertiary/aromatic N) is 4. The SMILES string of the molecule is COC(=O)c1ccccc1Sc1nc(Nc2cc3c(cc2OC)CCN3C(=O)CN(C)C)nc2ccsc12.